The Morgan fingerprint density at radius 2 is 1.65 bits per heavy atom. The molecular weight excluding hydrogens is 282 g/mol. The van der Waals surface area contributed by atoms with Crippen LogP contribution >= 0.6 is 0 Å². The van der Waals surface area contributed by atoms with E-state index in [2.05, 4.69) is 47.9 Å². The first kappa shape index (κ1) is 16.8. The molecule has 2 aliphatic rings. The van der Waals surface area contributed by atoms with Crippen molar-refractivity contribution in [2.45, 2.75) is 57.4 Å². The van der Waals surface area contributed by atoms with Gasteiger partial charge in [-0.1, -0.05) is 37.5 Å². The molecule has 1 heterocycles. The molecule has 2 N–H and O–H groups in total. The Hall–Kier alpha value is -1.06. The topological polar surface area (TPSA) is 32.5 Å². The number of rotatable bonds is 4. The molecule has 0 aromatic heterocycles. The average Bonchev–Trinajstić information content (AvgIpc) is 2.62. The first-order chi connectivity index (χ1) is 11.2. The number of piperazine rings is 1. The lowest BCUT2D eigenvalue weighted by Gasteiger charge is -2.43. The molecule has 1 saturated carbocycles. The SMILES string of the molecule is CC(C)N1CCN(c2ccccc2C2(CN)CCCCC2)CC1. The van der Waals surface area contributed by atoms with Crippen molar-refractivity contribution < 1.29 is 0 Å². The zero-order valence-corrected chi connectivity index (χ0v) is 14.9. The van der Waals surface area contributed by atoms with Crippen molar-refractivity contribution in [1.29, 1.82) is 0 Å². The Morgan fingerprint density at radius 3 is 2.26 bits per heavy atom. The molecule has 3 nitrogen and oxygen atoms in total. The standard InChI is InChI=1S/C20H33N3/c1-17(2)22-12-14-23(15-13-22)19-9-5-4-8-18(19)20(16-21)10-6-3-7-11-20/h4-5,8-9,17H,3,6-7,10-16,21H2,1-2H3. The number of benzene rings is 1. The lowest BCUT2D eigenvalue weighted by Crippen LogP contribution is -2.49. The zero-order valence-electron chi connectivity index (χ0n) is 14.9. The second kappa shape index (κ2) is 7.23. The monoisotopic (exact) mass is 315 g/mol. The van der Waals surface area contributed by atoms with Crippen molar-refractivity contribution >= 4 is 5.69 Å². The number of hydrogen-bond donors (Lipinski definition) is 1. The predicted octanol–water partition coefficient (Wildman–Crippen LogP) is 3.38. The summed E-state index contributed by atoms with van der Waals surface area (Å²) in [4.78, 5) is 5.18. The van der Waals surface area contributed by atoms with Crippen LogP contribution in [0.1, 0.15) is 51.5 Å². The highest BCUT2D eigenvalue weighted by molar-refractivity contribution is 5.57. The number of hydrogen-bond acceptors (Lipinski definition) is 3. The van der Waals surface area contributed by atoms with Crippen LogP contribution in [0.5, 0.6) is 0 Å². The van der Waals surface area contributed by atoms with E-state index in [1.54, 1.807) is 0 Å². The maximum atomic E-state index is 6.30. The Balaban J connectivity index is 1.84. The van der Waals surface area contributed by atoms with Gasteiger partial charge in [0.25, 0.3) is 0 Å². The van der Waals surface area contributed by atoms with Crippen LogP contribution in [0.3, 0.4) is 0 Å². The van der Waals surface area contributed by atoms with Gasteiger partial charge in [0.15, 0.2) is 0 Å². The molecule has 2 fully saturated rings. The van der Waals surface area contributed by atoms with Gasteiger partial charge >= 0.3 is 0 Å². The van der Waals surface area contributed by atoms with Gasteiger partial charge in [-0.25, -0.2) is 0 Å². The molecule has 0 spiro atoms. The maximum Gasteiger partial charge on any atom is 0.0405 e. The summed E-state index contributed by atoms with van der Waals surface area (Å²) in [7, 11) is 0. The first-order valence-corrected chi connectivity index (χ1v) is 9.45. The van der Waals surface area contributed by atoms with Crippen LogP contribution in [-0.2, 0) is 5.41 Å². The van der Waals surface area contributed by atoms with Crippen LogP contribution in [-0.4, -0.2) is 43.7 Å². The highest BCUT2D eigenvalue weighted by atomic mass is 15.3. The Kier molecular flexibility index (Phi) is 5.27. The lowest BCUT2D eigenvalue weighted by atomic mass is 9.69. The van der Waals surface area contributed by atoms with Crippen LogP contribution in [0, 0.1) is 0 Å². The van der Waals surface area contributed by atoms with E-state index in [1.807, 2.05) is 0 Å². The summed E-state index contributed by atoms with van der Waals surface area (Å²) in [5.74, 6) is 0. The number of nitrogens with zero attached hydrogens (tertiary/aromatic N) is 2. The molecule has 0 amide bonds. The van der Waals surface area contributed by atoms with E-state index in [4.69, 9.17) is 5.73 Å². The maximum absolute atomic E-state index is 6.30. The molecular formula is C20H33N3. The second-order valence-electron chi connectivity index (χ2n) is 7.68. The summed E-state index contributed by atoms with van der Waals surface area (Å²) >= 11 is 0. The largest absolute Gasteiger partial charge is 0.369 e. The smallest absolute Gasteiger partial charge is 0.0405 e. The van der Waals surface area contributed by atoms with Gasteiger partial charge in [-0.15, -0.1) is 0 Å². The summed E-state index contributed by atoms with van der Waals surface area (Å²) in [6.45, 7) is 10.00. The molecule has 128 valence electrons. The van der Waals surface area contributed by atoms with Gasteiger partial charge in [0.2, 0.25) is 0 Å². The minimum atomic E-state index is 0.212. The zero-order chi connectivity index (χ0) is 16.3. The molecule has 0 unspecified atom stereocenters. The summed E-state index contributed by atoms with van der Waals surface area (Å²) in [5, 5.41) is 0. The Bertz CT molecular complexity index is 497. The predicted molar refractivity (Wildman–Crippen MR) is 99.2 cm³/mol. The lowest BCUT2D eigenvalue weighted by molar-refractivity contribution is 0.209. The van der Waals surface area contributed by atoms with Gasteiger partial charge in [0, 0.05) is 49.9 Å². The normalized spacial score (nSPS) is 22.5. The highest BCUT2D eigenvalue weighted by Gasteiger charge is 2.35. The van der Waals surface area contributed by atoms with Crippen LogP contribution < -0.4 is 10.6 Å². The molecule has 0 bridgehead atoms. The average molecular weight is 316 g/mol. The van der Waals surface area contributed by atoms with E-state index in [-0.39, 0.29) is 5.41 Å². The minimum absolute atomic E-state index is 0.212. The van der Waals surface area contributed by atoms with E-state index < -0.39 is 0 Å². The minimum Gasteiger partial charge on any atom is -0.369 e. The van der Waals surface area contributed by atoms with Gasteiger partial charge < -0.3 is 10.6 Å². The van der Waals surface area contributed by atoms with Gasteiger partial charge in [-0.3, -0.25) is 4.90 Å². The molecule has 23 heavy (non-hydrogen) atoms. The molecule has 0 radical (unpaired) electrons. The summed E-state index contributed by atoms with van der Waals surface area (Å²) < 4.78 is 0. The molecule has 3 rings (SSSR count). The molecule has 1 aromatic rings. The van der Waals surface area contributed by atoms with Gasteiger partial charge in [-0.05, 0) is 38.3 Å². The summed E-state index contributed by atoms with van der Waals surface area (Å²) in [5.41, 5.74) is 9.48. The molecule has 1 saturated heterocycles. The third kappa shape index (κ3) is 3.41. The Labute approximate surface area is 141 Å². The first-order valence-electron chi connectivity index (χ1n) is 9.45. The van der Waals surface area contributed by atoms with E-state index in [1.165, 1.54) is 56.4 Å². The van der Waals surface area contributed by atoms with Crippen LogP contribution in [0.2, 0.25) is 0 Å². The van der Waals surface area contributed by atoms with Gasteiger partial charge in [-0.2, -0.15) is 0 Å². The summed E-state index contributed by atoms with van der Waals surface area (Å²) in [6.07, 6.45) is 6.54. The fourth-order valence-corrected chi connectivity index (χ4v) is 4.49. The summed E-state index contributed by atoms with van der Waals surface area (Å²) in [6, 6.07) is 9.73. The highest BCUT2D eigenvalue weighted by Crippen LogP contribution is 2.42. The van der Waals surface area contributed by atoms with E-state index in [0.29, 0.717) is 6.04 Å². The van der Waals surface area contributed by atoms with Crippen LogP contribution in [0.4, 0.5) is 5.69 Å². The third-order valence-electron chi connectivity index (χ3n) is 6.06. The van der Waals surface area contributed by atoms with Crippen LogP contribution in [0.25, 0.3) is 0 Å². The molecule has 1 aliphatic carbocycles. The van der Waals surface area contributed by atoms with Crippen molar-refractivity contribution in [2.75, 3.05) is 37.6 Å². The number of anilines is 1. The van der Waals surface area contributed by atoms with Crippen molar-refractivity contribution in [1.82, 2.24) is 4.90 Å². The molecule has 0 atom stereocenters. The van der Waals surface area contributed by atoms with Crippen molar-refractivity contribution in [3.05, 3.63) is 29.8 Å². The van der Waals surface area contributed by atoms with Crippen molar-refractivity contribution in [2.24, 2.45) is 5.73 Å². The number of nitrogens with two attached hydrogens (primary N) is 1. The Morgan fingerprint density at radius 1 is 1.00 bits per heavy atom. The van der Waals surface area contributed by atoms with Gasteiger partial charge in [0.1, 0.15) is 0 Å². The van der Waals surface area contributed by atoms with E-state index >= 15 is 0 Å². The molecule has 3 heteroatoms. The van der Waals surface area contributed by atoms with Crippen molar-refractivity contribution in [3.63, 3.8) is 0 Å². The van der Waals surface area contributed by atoms with E-state index in [9.17, 15) is 0 Å². The quantitative estimate of drug-likeness (QED) is 0.924. The van der Waals surface area contributed by atoms with Crippen molar-refractivity contribution in [3.8, 4) is 0 Å². The van der Waals surface area contributed by atoms with Crippen LogP contribution in [0.15, 0.2) is 24.3 Å². The fourth-order valence-electron chi connectivity index (χ4n) is 4.49. The molecule has 1 aromatic carbocycles. The third-order valence-corrected chi connectivity index (χ3v) is 6.06. The van der Waals surface area contributed by atoms with Gasteiger partial charge in [0.05, 0.1) is 0 Å². The fraction of sp³-hybridized carbons (Fsp3) is 0.700. The number of para-hydroxylation sites is 1. The molecule has 1 aliphatic heterocycles. The van der Waals surface area contributed by atoms with E-state index in [0.717, 1.165) is 19.6 Å². The second-order valence-corrected chi connectivity index (χ2v) is 7.68.